The van der Waals surface area contributed by atoms with Crippen molar-refractivity contribution >= 4 is 15.9 Å². The molecule has 0 saturated carbocycles. The van der Waals surface area contributed by atoms with Gasteiger partial charge in [-0.1, -0.05) is 0 Å². The number of methoxy groups -OCH3 is 2. The number of halogens is 1. The Hall–Kier alpha value is -2.65. The Morgan fingerprint density at radius 3 is 2.42 bits per heavy atom. The molecule has 0 radical (unpaired) electrons. The van der Waals surface area contributed by atoms with E-state index in [-0.39, 0.29) is 23.4 Å². The number of sulfonamides is 1. The number of ether oxygens (including phenoxy) is 2. The number of hydrogen-bond acceptors (Lipinski definition) is 5. The van der Waals surface area contributed by atoms with Crippen LogP contribution in [-0.2, 0) is 14.8 Å². The zero-order chi connectivity index (χ0) is 23.6. The molecule has 0 bridgehead atoms. The standard InChI is InChI=1S/C24H29FN2O5S/c1-31-19-9-12-21(23(15-19)32-2)22-6-4-14-27(22)24(28)17-5-3-13-26(16-17)33(29,30)20-10-7-18(25)8-11-20/h7-12,15,17,22H,3-6,13-14,16H2,1-2H3. The fourth-order valence-electron chi connectivity index (χ4n) is 4.80. The number of likely N-dealkylation sites (tertiary alicyclic amines) is 1. The maximum atomic E-state index is 13.5. The number of nitrogens with zero attached hydrogens (tertiary/aromatic N) is 2. The van der Waals surface area contributed by atoms with Gasteiger partial charge in [0.1, 0.15) is 17.3 Å². The topological polar surface area (TPSA) is 76.2 Å². The third-order valence-corrected chi connectivity index (χ3v) is 8.40. The number of amides is 1. The maximum Gasteiger partial charge on any atom is 0.243 e. The zero-order valence-corrected chi connectivity index (χ0v) is 19.7. The molecule has 2 unspecified atom stereocenters. The molecule has 1 amide bonds. The molecule has 2 saturated heterocycles. The first-order valence-corrected chi connectivity index (χ1v) is 12.6. The van der Waals surface area contributed by atoms with Crippen LogP contribution in [0.2, 0.25) is 0 Å². The summed E-state index contributed by atoms with van der Waals surface area (Å²) in [5, 5.41) is 0. The average molecular weight is 477 g/mol. The highest BCUT2D eigenvalue weighted by molar-refractivity contribution is 7.89. The molecule has 2 fully saturated rings. The van der Waals surface area contributed by atoms with Gasteiger partial charge >= 0.3 is 0 Å². The SMILES string of the molecule is COc1ccc(C2CCCN2C(=O)C2CCCN(S(=O)(=O)c3ccc(F)cc3)C2)c(OC)c1. The lowest BCUT2D eigenvalue weighted by molar-refractivity contribution is -0.137. The normalized spacial score (nSPS) is 21.7. The summed E-state index contributed by atoms with van der Waals surface area (Å²) < 4.78 is 51.6. The Kier molecular flexibility index (Phi) is 6.90. The summed E-state index contributed by atoms with van der Waals surface area (Å²) in [5.74, 6) is 0.409. The van der Waals surface area contributed by atoms with Crippen LogP contribution in [0.4, 0.5) is 4.39 Å². The summed E-state index contributed by atoms with van der Waals surface area (Å²) in [4.78, 5) is 15.5. The van der Waals surface area contributed by atoms with Crippen LogP contribution in [-0.4, -0.2) is 57.4 Å². The maximum absolute atomic E-state index is 13.5. The second kappa shape index (κ2) is 9.69. The molecule has 0 spiro atoms. The Bertz CT molecular complexity index is 1110. The smallest absolute Gasteiger partial charge is 0.243 e. The third kappa shape index (κ3) is 4.70. The van der Waals surface area contributed by atoms with Crippen LogP contribution in [0, 0.1) is 11.7 Å². The van der Waals surface area contributed by atoms with Crippen LogP contribution < -0.4 is 9.47 Å². The first-order valence-electron chi connectivity index (χ1n) is 11.1. The van der Waals surface area contributed by atoms with Gasteiger partial charge in [0.05, 0.1) is 31.1 Å². The van der Waals surface area contributed by atoms with E-state index in [0.717, 1.165) is 30.5 Å². The van der Waals surface area contributed by atoms with Crippen molar-refractivity contribution in [1.82, 2.24) is 9.21 Å². The number of carbonyl (C=O) groups excluding carboxylic acids is 1. The van der Waals surface area contributed by atoms with E-state index in [9.17, 15) is 17.6 Å². The number of rotatable bonds is 6. The van der Waals surface area contributed by atoms with Crippen molar-refractivity contribution in [3.05, 3.63) is 53.8 Å². The molecule has 4 rings (SSSR count). The predicted molar refractivity (Wildman–Crippen MR) is 121 cm³/mol. The molecule has 7 nitrogen and oxygen atoms in total. The molecule has 0 N–H and O–H groups in total. The van der Waals surface area contributed by atoms with Crippen molar-refractivity contribution in [3.8, 4) is 11.5 Å². The summed E-state index contributed by atoms with van der Waals surface area (Å²) >= 11 is 0. The van der Waals surface area contributed by atoms with E-state index in [1.54, 1.807) is 14.2 Å². The lowest BCUT2D eigenvalue weighted by Gasteiger charge is -2.35. The third-order valence-electron chi connectivity index (χ3n) is 6.52. The van der Waals surface area contributed by atoms with E-state index in [1.165, 1.54) is 16.4 Å². The van der Waals surface area contributed by atoms with Crippen molar-refractivity contribution in [1.29, 1.82) is 0 Å². The highest BCUT2D eigenvalue weighted by atomic mass is 32.2. The second-order valence-corrected chi connectivity index (χ2v) is 10.4. The average Bonchev–Trinajstić information content (AvgIpc) is 3.33. The number of piperidine rings is 1. The molecule has 2 heterocycles. The second-order valence-electron chi connectivity index (χ2n) is 8.45. The van der Waals surface area contributed by atoms with Gasteiger partial charge in [-0.3, -0.25) is 4.79 Å². The monoisotopic (exact) mass is 476 g/mol. The van der Waals surface area contributed by atoms with Gasteiger partial charge in [-0.05, 0) is 62.1 Å². The van der Waals surface area contributed by atoms with Crippen LogP contribution in [0.1, 0.15) is 37.3 Å². The summed E-state index contributed by atoms with van der Waals surface area (Å²) in [6, 6.07) is 10.3. The Labute approximate surface area is 194 Å². The summed E-state index contributed by atoms with van der Waals surface area (Å²) in [7, 11) is -0.603. The van der Waals surface area contributed by atoms with Gasteiger partial charge < -0.3 is 14.4 Å². The summed E-state index contributed by atoms with van der Waals surface area (Å²) in [6.07, 6.45) is 2.92. The molecule has 2 aromatic rings. The minimum Gasteiger partial charge on any atom is -0.497 e. The van der Waals surface area contributed by atoms with Crippen molar-refractivity contribution in [2.45, 2.75) is 36.6 Å². The van der Waals surface area contributed by atoms with E-state index in [2.05, 4.69) is 0 Å². The lowest BCUT2D eigenvalue weighted by atomic mass is 9.96. The largest absolute Gasteiger partial charge is 0.497 e. The minimum atomic E-state index is -3.79. The van der Waals surface area contributed by atoms with Crippen molar-refractivity contribution in [2.24, 2.45) is 5.92 Å². The highest BCUT2D eigenvalue weighted by Gasteiger charge is 2.39. The molecule has 2 atom stereocenters. The van der Waals surface area contributed by atoms with Gasteiger partial charge in [0, 0.05) is 31.3 Å². The Morgan fingerprint density at radius 1 is 1.00 bits per heavy atom. The van der Waals surface area contributed by atoms with Gasteiger partial charge in [0.25, 0.3) is 0 Å². The lowest BCUT2D eigenvalue weighted by Crippen LogP contribution is -2.46. The van der Waals surface area contributed by atoms with Crippen molar-refractivity contribution in [2.75, 3.05) is 33.9 Å². The number of benzene rings is 2. The molecule has 33 heavy (non-hydrogen) atoms. The Balaban J connectivity index is 1.53. The quantitative estimate of drug-likeness (QED) is 0.637. The van der Waals surface area contributed by atoms with Crippen molar-refractivity contribution in [3.63, 3.8) is 0 Å². The van der Waals surface area contributed by atoms with Crippen LogP contribution in [0.15, 0.2) is 47.4 Å². The molecule has 2 aromatic carbocycles. The molecular weight excluding hydrogens is 447 g/mol. The van der Waals surface area contributed by atoms with Crippen LogP contribution >= 0.6 is 0 Å². The highest BCUT2D eigenvalue weighted by Crippen LogP contribution is 2.40. The number of carbonyl (C=O) groups is 1. The molecule has 0 aromatic heterocycles. The first-order chi connectivity index (χ1) is 15.8. The number of hydrogen-bond donors (Lipinski definition) is 0. The summed E-state index contributed by atoms with van der Waals surface area (Å²) in [5.41, 5.74) is 0.927. The van der Waals surface area contributed by atoms with Gasteiger partial charge in [-0.25, -0.2) is 12.8 Å². The fraction of sp³-hybridized carbons (Fsp3) is 0.458. The fourth-order valence-corrected chi connectivity index (χ4v) is 6.32. The molecule has 9 heteroatoms. The first kappa shape index (κ1) is 23.5. The van der Waals surface area contributed by atoms with Crippen LogP contribution in [0.3, 0.4) is 0 Å². The molecular formula is C24H29FN2O5S. The van der Waals surface area contributed by atoms with Gasteiger partial charge in [0.15, 0.2) is 0 Å². The van der Waals surface area contributed by atoms with E-state index in [0.29, 0.717) is 37.4 Å². The van der Waals surface area contributed by atoms with E-state index in [4.69, 9.17) is 9.47 Å². The minimum absolute atomic E-state index is 0.0330. The van der Waals surface area contributed by atoms with E-state index in [1.807, 2.05) is 23.1 Å². The molecule has 178 valence electrons. The Morgan fingerprint density at radius 2 is 1.73 bits per heavy atom. The van der Waals surface area contributed by atoms with Gasteiger partial charge in [0.2, 0.25) is 15.9 Å². The van der Waals surface area contributed by atoms with Gasteiger partial charge in [-0.15, -0.1) is 0 Å². The van der Waals surface area contributed by atoms with Crippen molar-refractivity contribution < 1.29 is 27.1 Å². The zero-order valence-electron chi connectivity index (χ0n) is 18.9. The predicted octanol–water partition coefficient (Wildman–Crippen LogP) is 3.61. The van der Waals surface area contributed by atoms with E-state index < -0.39 is 21.8 Å². The molecule has 0 aliphatic carbocycles. The van der Waals surface area contributed by atoms with Crippen LogP contribution in [0.25, 0.3) is 0 Å². The summed E-state index contributed by atoms with van der Waals surface area (Å²) in [6.45, 7) is 1.10. The molecule has 2 aliphatic rings. The van der Waals surface area contributed by atoms with E-state index >= 15 is 0 Å². The molecule has 2 aliphatic heterocycles. The van der Waals surface area contributed by atoms with Gasteiger partial charge in [-0.2, -0.15) is 4.31 Å². The van der Waals surface area contributed by atoms with Crippen LogP contribution in [0.5, 0.6) is 11.5 Å².